The fraction of sp³-hybridized carbons (Fsp3) is 0.520. The maximum absolute atomic E-state index is 13.4. The summed E-state index contributed by atoms with van der Waals surface area (Å²) in [4.78, 5) is 20.3. The average molecular weight is 564 g/mol. The molecule has 0 saturated carbocycles. The standard InChI is InChI=1S/C25H37N7O4S2/c1-17-13-25(3,4)31(14-17)23-19(24(33)29-38(34,35)20-15-30(5)27-18(20)2)9-10-21(26-23)32-12-11-22(28-32)36-16-37(6,7)8/h9-12,15,17H,13-14,16H2,1-8H3,(H,29,33)/t17-/m0/s1. The number of anilines is 1. The molecule has 11 nitrogen and oxygen atoms in total. The van der Waals surface area contributed by atoms with Crippen LogP contribution in [0.1, 0.15) is 43.2 Å². The van der Waals surface area contributed by atoms with Crippen LogP contribution in [-0.4, -0.2) is 75.7 Å². The molecule has 1 fully saturated rings. The second-order valence-electron chi connectivity index (χ2n) is 11.4. The molecule has 1 N–H and O–H groups in total. The molecule has 0 aromatic carbocycles. The molecule has 1 aliphatic heterocycles. The lowest BCUT2D eigenvalue weighted by Crippen LogP contribution is -2.41. The Morgan fingerprint density at radius 1 is 1.18 bits per heavy atom. The Morgan fingerprint density at radius 2 is 1.89 bits per heavy atom. The molecule has 0 bridgehead atoms. The molecule has 0 radical (unpaired) electrons. The maximum atomic E-state index is 13.4. The third kappa shape index (κ3) is 5.98. The predicted octanol–water partition coefficient (Wildman–Crippen LogP) is 3.08. The lowest BCUT2D eigenvalue weighted by atomic mass is 9.97. The molecule has 1 amide bonds. The minimum Gasteiger partial charge on any atom is -0.467 e. The molecule has 1 aliphatic rings. The average Bonchev–Trinajstić information content (AvgIpc) is 3.47. The van der Waals surface area contributed by atoms with Crippen LogP contribution >= 0.6 is 10.0 Å². The van der Waals surface area contributed by atoms with Crippen molar-refractivity contribution in [3.63, 3.8) is 0 Å². The quantitative estimate of drug-likeness (QED) is 0.443. The Hall–Kier alpha value is -3.06. The van der Waals surface area contributed by atoms with E-state index in [9.17, 15) is 13.2 Å². The topological polar surface area (TPSA) is 124 Å². The summed E-state index contributed by atoms with van der Waals surface area (Å²) in [6.07, 6.45) is 10.5. The first-order chi connectivity index (χ1) is 17.6. The predicted molar refractivity (Wildman–Crippen MR) is 150 cm³/mol. The number of hydrogen-bond acceptors (Lipinski definition) is 8. The molecule has 208 valence electrons. The zero-order valence-electron chi connectivity index (χ0n) is 23.2. The Bertz CT molecular complexity index is 1450. The molecule has 38 heavy (non-hydrogen) atoms. The van der Waals surface area contributed by atoms with E-state index < -0.39 is 26.0 Å². The number of aromatic nitrogens is 5. The van der Waals surface area contributed by atoms with E-state index in [1.54, 1.807) is 43.0 Å². The fourth-order valence-corrected chi connectivity index (χ4v) is 6.39. The summed E-state index contributed by atoms with van der Waals surface area (Å²) in [6, 6.07) is 5.02. The van der Waals surface area contributed by atoms with Crippen LogP contribution in [-0.2, 0) is 17.1 Å². The van der Waals surface area contributed by atoms with Crippen LogP contribution in [0.4, 0.5) is 5.82 Å². The first-order valence-electron chi connectivity index (χ1n) is 12.3. The van der Waals surface area contributed by atoms with Gasteiger partial charge in [0.15, 0.2) is 5.82 Å². The van der Waals surface area contributed by atoms with E-state index >= 15 is 0 Å². The van der Waals surface area contributed by atoms with Crippen LogP contribution in [0.5, 0.6) is 5.88 Å². The van der Waals surface area contributed by atoms with Gasteiger partial charge in [-0.1, -0.05) is 6.92 Å². The summed E-state index contributed by atoms with van der Waals surface area (Å²) in [5.41, 5.74) is 0.189. The number of hydrogen-bond donors (Lipinski definition) is 1. The zero-order valence-corrected chi connectivity index (χ0v) is 24.9. The van der Waals surface area contributed by atoms with Gasteiger partial charge in [-0.3, -0.25) is 9.48 Å². The second-order valence-corrected chi connectivity index (χ2v) is 17.5. The maximum Gasteiger partial charge on any atom is 0.268 e. The highest BCUT2D eigenvalue weighted by Crippen LogP contribution is 2.38. The number of nitrogens with one attached hydrogen (secondary N) is 1. The van der Waals surface area contributed by atoms with E-state index in [0.29, 0.717) is 41.6 Å². The van der Waals surface area contributed by atoms with Crippen molar-refractivity contribution in [1.29, 1.82) is 0 Å². The van der Waals surface area contributed by atoms with Gasteiger partial charge in [-0.05, 0) is 64.0 Å². The highest BCUT2D eigenvalue weighted by molar-refractivity contribution is 8.32. The summed E-state index contributed by atoms with van der Waals surface area (Å²) in [5, 5.41) is 8.60. The van der Waals surface area contributed by atoms with Crippen molar-refractivity contribution in [3.8, 4) is 11.7 Å². The molecule has 4 heterocycles. The highest BCUT2D eigenvalue weighted by atomic mass is 32.3. The third-order valence-electron chi connectivity index (χ3n) is 6.28. The summed E-state index contributed by atoms with van der Waals surface area (Å²) < 4.78 is 37.1. The smallest absolute Gasteiger partial charge is 0.268 e. The number of nitrogens with zero attached hydrogens (tertiary/aromatic N) is 6. The van der Waals surface area contributed by atoms with Gasteiger partial charge in [0.2, 0.25) is 5.88 Å². The van der Waals surface area contributed by atoms with Gasteiger partial charge >= 0.3 is 0 Å². The van der Waals surface area contributed by atoms with Crippen molar-refractivity contribution < 1.29 is 17.9 Å². The van der Waals surface area contributed by atoms with Gasteiger partial charge in [0.1, 0.15) is 16.7 Å². The minimum atomic E-state index is -4.14. The monoisotopic (exact) mass is 563 g/mol. The minimum absolute atomic E-state index is 0.0456. The summed E-state index contributed by atoms with van der Waals surface area (Å²) in [5.74, 6) is 1.60. The van der Waals surface area contributed by atoms with E-state index in [1.807, 2.05) is 0 Å². The molecular formula is C25H37N7O4S2. The normalized spacial score (nSPS) is 18.0. The van der Waals surface area contributed by atoms with Crippen LogP contribution in [0.15, 0.2) is 35.5 Å². The van der Waals surface area contributed by atoms with Crippen molar-refractivity contribution in [2.75, 3.05) is 36.2 Å². The Kier molecular flexibility index (Phi) is 7.30. The van der Waals surface area contributed by atoms with Crippen molar-refractivity contribution >= 4 is 31.8 Å². The SMILES string of the molecule is Cc1nn(C)cc1S(=O)(=O)NC(=O)c1ccc(-n2ccc(OCS(C)(C)C)n2)nc1N1C[C@@H](C)CC1(C)C. The van der Waals surface area contributed by atoms with Crippen molar-refractivity contribution in [1.82, 2.24) is 29.3 Å². The first-order valence-corrected chi connectivity index (χ1v) is 16.8. The molecule has 13 heteroatoms. The molecule has 4 rings (SSSR count). The van der Waals surface area contributed by atoms with Crippen LogP contribution in [0, 0.1) is 12.8 Å². The summed E-state index contributed by atoms with van der Waals surface area (Å²) >= 11 is 0. The number of pyridine rings is 1. The Morgan fingerprint density at radius 3 is 2.47 bits per heavy atom. The van der Waals surface area contributed by atoms with Gasteiger partial charge in [0.05, 0.1) is 11.3 Å². The highest BCUT2D eigenvalue weighted by Gasteiger charge is 2.39. The van der Waals surface area contributed by atoms with Crippen molar-refractivity contribution in [2.45, 2.75) is 44.6 Å². The van der Waals surface area contributed by atoms with Gasteiger partial charge in [0, 0.05) is 37.6 Å². The van der Waals surface area contributed by atoms with E-state index in [4.69, 9.17) is 9.72 Å². The number of amides is 1. The fourth-order valence-electron chi connectivity index (χ4n) is 4.73. The number of carbonyl (C=O) groups excluding carboxylic acids is 1. The van der Waals surface area contributed by atoms with Crippen LogP contribution in [0.25, 0.3) is 5.82 Å². The van der Waals surface area contributed by atoms with Gasteiger partial charge < -0.3 is 9.64 Å². The molecule has 3 aromatic rings. The van der Waals surface area contributed by atoms with E-state index in [2.05, 4.69) is 59.4 Å². The van der Waals surface area contributed by atoms with E-state index in [-0.39, 0.29) is 16.0 Å². The Balaban J connectivity index is 1.71. The summed E-state index contributed by atoms with van der Waals surface area (Å²) in [7, 11) is -3.37. The Labute approximate surface area is 225 Å². The zero-order chi connectivity index (χ0) is 28.0. The van der Waals surface area contributed by atoms with E-state index in [0.717, 1.165) is 6.42 Å². The number of carbonyl (C=O) groups is 1. The largest absolute Gasteiger partial charge is 0.467 e. The molecular weight excluding hydrogens is 526 g/mol. The van der Waals surface area contributed by atoms with Crippen molar-refractivity contribution in [2.24, 2.45) is 13.0 Å². The molecule has 0 unspecified atom stereocenters. The van der Waals surface area contributed by atoms with Crippen LogP contribution < -0.4 is 14.4 Å². The third-order valence-corrected chi connectivity index (χ3v) is 8.54. The summed E-state index contributed by atoms with van der Waals surface area (Å²) in [6.45, 7) is 8.60. The van der Waals surface area contributed by atoms with Gasteiger partial charge in [-0.15, -0.1) is 5.10 Å². The molecule has 0 aliphatic carbocycles. The molecule has 1 saturated heterocycles. The number of aryl methyl sites for hydroxylation is 2. The number of rotatable bonds is 8. The van der Waals surface area contributed by atoms with Crippen LogP contribution in [0.3, 0.4) is 0 Å². The molecule has 3 aromatic heterocycles. The number of sulfonamides is 1. The molecule has 1 atom stereocenters. The van der Waals surface area contributed by atoms with Gasteiger partial charge in [-0.25, -0.2) is 32.8 Å². The van der Waals surface area contributed by atoms with Crippen LogP contribution in [0.2, 0.25) is 0 Å². The van der Waals surface area contributed by atoms with E-state index in [1.165, 1.54) is 10.9 Å². The number of ether oxygens (including phenoxy) is 1. The lowest BCUT2D eigenvalue weighted by Gasteiger charge is -2.34. The van der Waals surface area contributed by atoms with Gasteiger partial charge in [-0.2, -0.15) is 5.10 Å². The first kappa shape index (κ1) is 28.0. The second kappa shape index (κ2) is 9.92. The van der Waals surface area contributed by atoms with Crippen molar-refractivity contribution in [3.05, 3.63) is 41.9 Å². The molecule has 0 spiro atoms. The van der Waals surface area contributed by atoms with Gasteiger partial charge in [0.25, 0.3) is 15.9 Å². The lowest BCUT2D eigenvalue weighted by molar-refractivity contribution is 0.0981.